The monoisotopic (exact) mass is 257 g/mol. The number of hydrogen-bond donors (Lipinski definition) is 1. The zero-order chi connectivity index (χ0) is 13.2. The Hall–Kier alpha value is -1.88. The first-order chi connectivity index (χ1) is 9.28. The second kappa shape index (κ2) is 5.01. The largest absolute Gasteiger partial charge is 0.366 e. The summed E-state index contributed by atoms with van der Waals surface area (Å²) in [5, 5.41) is 8.10. The van der Waals surface area contributed by atoms with E-state index in [0.717, 1.165) is 25.2 Å². The first-order valence-corrected chi connectivity index (χ1v) is 6.71. The van der Waals surface area contributed by atoms with Crippen molar-refractivity contribution in [1.82, 2.24) is 15.0 Å². The fourth-order valence-electron chi connectivity index (χ4n) is 2.72. The van der Waals surface area contributed by atoms with Crippen molar-refractivity contribution in [3.63, 3.8) is 0 Å². The van der Waals surface area contributed by atoms with E-state index < -0.39 is 0 Å². The van der Waals surface area contributed by atoms with Gasteiger partial charge in [0, 0.05) is 31.0 Å². The van der Waals surface area contributed by atoms with Gasteiger partial charge in [0.05, 0.1) is 12.2 Å². The van der Waals surface area contributed by atoms with Gasteiger partial charge < -0.3 is 10.6 Å². The van der Waals surface area contributed by atoms with E-state index in [4.69, 9.17) is 5.73 Å². The van der Waals surface area contributed by atoms with Gasteiger partial charge in [-0.25, -0.2) is 0 Å². The summed E-state index contributed by atoms with van der Waals surface area (Å²) in [4.78, 5) is 2.44. The van der Waals surface area contributed by atoms with E-state index >= 15 is 0 Å². The molecule has 0 amide bonds. The Kier molecular flexibility index (Phi) is 3.21. The van der Waals surface area contributed by atoms with Crippen molar-refractivity contribution in [3.8, 4) is 0 Å². The summed E-state index contributed by atoms with van der Waals surface area (Å²) >= 11 is 0. The molecule has 0 radical (unpaired) electrons. The SMILES string of the molecule is CC1Cc2ccccc2N1CCn1cc(CN)nn1. The van der Waals surface area contributed by atoms with E-state index in [-0.39, 0.29) is 0 Å². The van der Waals surface area contributed by atoms with Crippen LogP contribution in [0.2, 0.25) is 0 Å². The number of rotatable bonds is 4. The maximum absolute atomic E-state index is 5.54. The molecule has 0 saturated carbocycles. The number of fused-ring (bicyclic) bond motifs is 1. The molecular weight excluding hydrogens is 238 g/mol. The maximum Gasteiger partial charge on any atom is 0.0962 e. The predicted molar refractivity (Wildman–Crippen MR) is 74.9 cm³/mol. The first-order valence-electron chi connectivity index (χ1n) is 6.71. The summed E-state index contributed by atoms with van der Waals surface area (Å²) in [6.45, 7) is 4.51. The van der Waals surface area contributed by atoms with Crippen molar-refractivity contribution in [3.05, 3.63) is 41.7 Å². The number of nitrogens with two attached hydrogens (primary N) is 1. The van der Waals surface area contributed by atoms with Crippen LogP contribution < -0.4 is 10.6 Å². The Morgan fingerprint density at radius 2 is 2.16 bits per heavy atom. The number of anilines is 1. The van der Waals surface area contributed by atoms with Crippen molar-refractivity contribution in [2.75, 3.05) is 11.4 Å². The molecule has 0 aliphatic carbocycles. The molecule has 1 aliphatic rings. The molecule has 3 rings (SSSR count). The van der Waals surface area contributed by atoms with Crippen LogP contribution in [0, 0.1) is 0 Å². The topological polar surface area (TPSA) is 60.0 Å². The molecule has 1 unspecified atom stereocenters. The molecule has 0 fully saturated rings. The number of para-hydroxylation sites is 1. The van der Waals surface area contributed by atoms with Crippen molar-refractivity contribution in [1.29, 1.82) is 0 Å². The van der Waals surface area contributed by atoms with Gasteiger partial charge in [-0.2, -0.15) is 0 Å². The highest BCUT2D eigenvalue weighted by Gasteiger charge is 2.24. The van der Waals surface area contributed by atoms with E-state index in [1.54, 1.807) is 0 Å². The van der Waals surface area contributed by atoms with Crippen LogP contribution in [0.3, 0.4) is 0 Å². The summed E-state index contributed by atoms with van der Waals surface area (Å²) in [6.07, 6.45) is 3.05. The minimum atomic E-state index is 0.447. The molecular formula is C14H19N5. The van der Waals surface area contributed by atoms with Gasteiger partial charge in [0.2, 0.25) is 0 Å². The van der Waals surface area contributed by atoms with E-state index in [0.29, 0.717) is 12.6 Å². The summed E-state index contributed by atoms with van der Waals surface area (Å²) in [5.41, 5.74) is 9.18. The molecule has 0 bridgehead atoms. The highest BCUT2D eigenvalue weighted by Crippen LogP contribution is 2.31. The molecule has 0 saturated heterocycles. The number of nitrogens with zero attached hydrogens (tertiary/aromatic N) is 4. The minimum Gasteiger partial charge on any atom is -0.366 e. The maximum atomic E-state index is 5.54. The van der Waals surface area contributed by atoms with Crippen LogP contribution in [0.1, 0.15) is 18.2 Å². The highest BCUT2D eigenvalue weighted by atomic mass is 15.4. The van der Waals surface area contributed by atoms with Crippen LogP contribution in [0.5, 0.6) is 0 Å². The van der Waals surface area contributed by atoms with E-state index in [2.05, 4.69) is 46.4 Å². The van der Waals surface area contributed by atoms with Crippen LogP contribution in [0.25, 0.3) is 0 Å². The molecule has 2 N–H and O–H groups in total. The minimum absolute atomic E-state index is 0.447. The molecule has 1 aliphatic heterocycles. The second-order valence-corrected chi connectivity index (χ2v) is 5.05. The molecule has 100 valence electrons. The second-order valence-electron chi connectivity index (χ2n) is 5.05. The lowest BCUT2D eigenvalue weighted by Crippen LogP contribution is -2.32. The van der Waals surface area contributed by atoms with Crippen LogP contribution in [-0.2, 0) is 19.5 Å². The average molecular weight is 257 g/mol. The Morgan fingerprint density at radius 1 is 1.32 bits per heavy atom. The lowest BCUT2D eigenvalue weighted by molar-refractivity contribution is 0.554. The third-order valence-corrected chi connectivity index (χ3v) is 3.71. The fourth-order valence-corrected chi connectivity index (χ4v) is 2.72. The van der Waals surface area contributed by atoms with E-state index in [1.807, 2.05) is 10.9 Å². The Morgan fingerprint density at radius 3 is 2.95 bits per heavy atom. The van der Waals surface area contributed by atoms with Gasteiger partial charge in [0.25, 0.3) is 0 Å². The summed E-state index contributed by atoms with van der Waals surface area (Å²) in [6, 6.07) is 9.18. The molecule has 1 aromatic heterocycles. The van der Waals surface area contributed by atoms with Gasteiger partial charge in [0.15, 0.2) is 0 Å². The van der Waals surface area contributed by atoms with E-state index in [9.17, 15) is 0 Å². The summed E-state index contributed by atoms with van der Waals surface area (Å²) in [7, 11) is 0. The van der Waals surface area contributed by atoms with Gasteiger partial charge in [-0.3, -0.25) is 4.68 Å². The Balaban J connectivity index is 1.70. The molecule has 5 heteroatoms. The van der Waals surface area contributed by atoms with Gasteiger partial charge in [-0.1, -0.05) is 23.4 Å². The molecule has 0 spiro atoms. The molecule has 2 heterocycles. The third-order valence-electron chi connectivity index (χ3n) is 3.71. The molecule has 1 atom stereocenters. The predicted octanol–water partition coefficient (Wildman–Crippen LogP) is 1.19. The standard InChI is InChI=1S/C14H19N5/c1-11-8-12-4-2-3-5-14(12)19(11)7-6-18-10-13(9-15)16-17-18/h2-5,10-11H,6-9,15H2,1H3. The lowest BCUT2D eigenvalue weighted by Gasteiger charge is -2.24. The van der Waals surface area contributed by atoms with Crippen molar-refractivity contribution in [2.45, 2.75) is 32.5 Å². The van der Waals surface area contributed by atoms with E-state index in [1.165, 1.54) is 11.3 Å². The Bertz CT molecular complexity index is 562. The van der Waals surface area contributed by atoms with Crippen LogP contribution in [0.4, 0.5) is 5.69 Å². The normalized spacial score (nSPS) is 17.8. The summed E-state index contributed by atoms with van der Waals surface area (Å²) < 4.78 is 1.87. The zero-order valence-corrected chi connectivity index (χ0v) is 11.2. The number of aromatic nitrogens is 3. The summed E-state index contributed by atoms with van der Waals surface area (Å²) in [5.74, 6) is 0. The van der Waals surface area contributed by atoms with Crippen LogP contribution >= 0.6 is 0 Å². The van der Waals surface area contributed by atoms with Crippen LogP contribution in [0.15, 0.2) is 30.5 Å². The zero-order valence-electron chi connectivity index (χ0n) is 11.2. The van der Waals surface area contributed by atoms with Gasteiger partial charge >= 0.3 is 0 Å². The van der Waals surface area contributed by atoms with Crippen molar-refractivity contribution < 1.29 is 0 Å². The average Bonchev–Trinajstić information content (AvgIpc) is 3.00. The molecule has 19 heavy (non-hydrogen) atoms. The first kappa shape index (κ1) is 12.2. The third kappa shape index (κ3) is 2.33. The molecule has 1 aromatic carbocycles. The van der Waals surface area contributed by atoms with Gasteiger partial charge in [0.1, 0.15) is 0 Å². The van der Waals surface area contributed by atoms with Crippen molar-refractivity contribution >= 4 is 5.69 Å². The molecule has 5 nitrogen and oxygen atoms in total. The lowest BCUT2D eigenvalue weighted by atomic mass is 10.1. The van der Waals surface area contributed by atoms with Gasteiger partial charge in [-0.05, 0) is 25.0 Å². The highest BCUT2D eigenvalue weighted by molar-refractivity contribution is 5.59. The quantitative estimate of drug-likeness (QED) is 0.893. The Labute approximate surface area is 113 Å². The number of hydrogen-bond acceptors (Lipinski definition) is 4. The fraction of sp³-hybridized carbons (Fsp3) is 0.429. The molecule has 2 aromatic rings. The number of benzene rings is 1. The smallest absolute Gasteiger partial charge is 0.0962 e. The van der Waals surface area contributed by atoms with Crippen LogP contribution in [-0.4, -0.2) is 27.6 Å². The van der Waals surface area contributed by atoms with Crippen molar-refractivity contribution in [2.24, 2.45) is 5.73 Å². The van der Waals surface area contributed by atoms with Gasteiger partial charge in [-0.15, -0.1) is 5.10 Å².